The molecule has 0 amide bonds. The third kappa shape index (κ3) is 5.39. The van der Waals surface area contributed by atoms with E-state index in [4.69, 9.17) is 25.6 Å². The Balaban J connectivity index is 1.69. The van der Waals surface area contributed by atoms with Gasteiger partial charge in [0.15, 0.2) is 11.6 Å². The average molecular weight is 535 g/mol. The molecule has 0 aromatic carbocycles. The minimum absolute atomic E-state index is 0.0407. The Morgan fingerprint density at radius 3 is 2.50 bits per heavy atom. The Morgan fingerprint density at radius 2 is 1.83 bits per heavy atom. The standard InChI is InChI=1S/C21H23ClN8O5S/c1-12(19-23-9-14(22)10-24-19)13(2)36(31,32)29-21-27-26-20(16-6-5-7-17(25-16)33-3)30(21)11-15-8-18(34-4)28-35-15/h5-10,12-13H,11H2,1-4H3,(H,27,29)/t12-,13-/m0/s1. The fraction of sp³-hybridized carbons (Fsp3) is 0.333. The largest absolute Gasteiger partial charge is 0.481 e. The van der Waals surface area contributed by atoms with Crippen LogP contribution in [-0.4, -0.2) is 62.8 Å². The first-order valence-corrected chi connectivity index (χ1v) is 12.6. The number of hydrogen-bond acceptors (Lipinski definition) is 11. The molecule has 36 heavy (non-hydrogen) atoms. The van der Waals surface area contributed by atoms with E-state index in [1.54, 1.807) is 38.1 Å². The van der Waals surface area contributed by atoms with Crippen LogP contribution in [0.4, 0.5) is 5.95 Å². The highest BCUT2D eigenvalue weighted by atomic mass is 35.5. The van der Waals surface area contributed by atoms with Crippen molar-refractivity contribution in [3.63, 3.8) is 0 Å². The van der Waals surface area contributed by atoms with E-state index < -0.39 is 21.2 Å². The topological polar surface area (TPSA) is 160 Å². The van der Waals surface area contributed by atoms with Gasteiger partial charge in [-0.15, -0.1) is 10.2 Å². The lowest BCUT2D eigenvalue weighted by Gasteiger charge is -2.20. The van der Waals surface area contributed by atoms with E-state index in [1.807, 2.05) is 0 Å². The van der Waals surface area contributed by atoms with Crippen LogP contribution in [-0.2, 0) is 16.6 Å². The number of pyridine rings is 1. The van der Waals surface area contributed by atoms with Crippen LogP contribution >= 0.6 is 11.6 Å². The summed E-state index contributed by atoms with van der Waals surface area (Å²) in [6.07, 6.45) is 2.84. The van der Waals surface area contributed by atoms with Crippen LogP contribution in [0.5, 0.6) is 11.8 Å². The molecule has 4 aromatic heterocycles. The molecule has 0 saturated carbocycles. The molecule has 1 N–H and O–H groups in total. The predicted molar refractivity (Wildman–Crippen MR) is 129 cm³/mol. The second kappa shape index (κ2) is 10.5. The number of halogens is 1. The molecule has 0 fully saturated rings. The maximum Gasteiger partial charge on any atom is 0.254 e. The zero-order chi connectivity index (χ0) is 25.9. The van der Waals surface area contributed by atoms with E-state index in [1.165, 1.54) is 31.2 Å². The summed E-state index contributed by atoms with van der Waals surface area (Å²) >= 11 is 5.85. The minimum atomic E-state index is -3.97. The summed E-state index contributed by atoms with van der Waals surface area (Å²) in [6.45, 7) is 3.31. The van der Waals surface area contributed by atoms with Crippen LogP contribution in [0.2, 0.25) is 5.02 Å². The van der Waals surface area contributed by atoms with Crippen molar-refractivity contribution >= 4 is 27.6 Å². The maximum absolute atomic E-state index is 13.3. The summed E-state index contributed by atoms with van der Waals surface area (Å²) < 4.78 is 46.3. The molecule has 190 valence electrons. The van der Waals surface area contributed by atoms with Crippen LogP contribution in [0.1, 0.15) is 31.4 Å². The molecule has 0 radical (unpaired) electrons. The van der Waals surface area contributed by atoms with Crippen molar-refractivity contribution in [3.8, 4) is 23.3 Å². The smallest absolute Gasteiger partial charge is 0.254 e. The molecule has 0 spiro atoms. The Labute approximate surface area is 211 Å². The summed E-state index contributed by atoms with van der Waals surface area (Å²) in [5.41, 5.74) is 0.412. The average Bonchev–Trinajstić information content (AvgIpc) is 3.50. The molecule has 0 saturated heterocycles. The SMILES string of the molecule is COc1cc(Cn2c(NS(=O)(=O)[C@@H](C)[C@H](C)c3ncc(Cl)cn3)nnc2-c2cccc(OC)n2)on1. The highest BCUT2D eigenvalue weighted by Crippen LogP contribution is 2.27. The normalized spacial score (nSPS) is 13.2. The second-order valence-electron chi connectivity index (χ2n) is 7.73. The summed E-state index contributed by atoms with van der Waals surface area (Å²) in [4.78, 5) is 12.7. The number of ether oxygens (including phenoxy) is 2. The van der Waals surface area contributed by atoms with Gasteiger partial charge in [-0.05, 0) is 18.1 Å². The van der Waals surface area contributed by atoms with Crippen molar-refractivity contribution in [1.82, 2.24) is 34.9 Å². The van der Waals surface area contributed by atoms with Crippen molar-refractivity contribution in [2.45, 2.75) is 31.6 Å². The van der Waals surface area contributed by atoms with Gasteiger partial charge in [-0.1, -0.05) is 24.6 Å². The van der Waals surface area contributed by atoms with Crippen LogP contribution in [0.25, 0.3) is 11.5 Å². The molecule has 0 aliphatic carbocycles. The Hall–Kier alpha value is -3.78. The number of nitrogens with one attached hydrogen (secondary N) is 1. The number of nitrogens with zero attached hydrogens (tertiary/aromatic N) is 7. The molecular weight excluding hydrogens is 512 g/mol. The first-order chi connectivity index (χ1) is 17.2. The van der Waals surface area contributed by atoms with Crippen molar-refractivity contribution in [1.29, 1.82) is 0 Å². The van der Waals surface area contributed by atoms with Crippen LogP contribution in [0, 0.1) is 0 Å². The van der Waals surface area contributed by atoms with Crippen molar-refractivity contribution < 1.29 is 22.4 Å². The first kappa shape index (κ1) is 25.3. The predicted octanol–water partition coefficient (Wildman–Crippen LogP) is 2.77. The highest BCUT2D eigenvalue weighted by molar-refractivity contribution is 7.93. The van der Waals surface area contributed by atoms with E-state index in [-0.39, 0.29) is 24.2 Å². The third-order valence-electron chi connectivity index (χ3n) is 5.45. The van der Waals surface area contributed by atoms with Crippen LogP contribution in [0.3, 0.4) is 0 Å². The van der Waals surface area contributed by atoms with Crippen molar-refractivity contribution in [3.05, 3.63) is 53.3 Å². The van der Waals surface area contributed by atoms with E-state index in [2.05, 4.69) is 35.0 Å². The monoisotopic (exact) mass is 534 g/mol. The van der Waals surface area contributed by atoms with Gasteiger partial charge in [0.2, 0.25) is 21.9 Å². The number of methoxy groups -OCH3 is 2. The van der Waals surface area contributed by atoms with E-state index in [9.17, 15) is 8.42 Å². The van der Waals surface area contributed by atoms with Gasteiger partial charge in [0.1, 0.15) is 11.5 Å². The van der Waals surface area contributed by atoms with Crippen molar-refractivity contribution in [2.24, 2.45) is 0 Å². The van der Waals surface area contributed by atoms with Crippen LogP contribution < -0.4 is 14.2 Å². The van der Waals surface area contributed by atoms with Crippen molar-refractivity contribution in [2.75, 3.05) is 18.9 Å². The number of anilines is 1. The van der Waals surface area contributed by atoms with Gasteiger partial charge in [0.25, 0.3) is 5.88 Å². The molecule has 13 nitrogen and oxygen atoms in total. The molecule has 0 aliphatic rings. The number of aromatic nitrogens is 7. The highest BCUT2D eigenvalue weighted by Gasteiger charge is 2.31. The maximum atomic E-state index is 13.3. The third-order valence-corrected chi connectivity index (χ3v) is 7.50. The van der Waals surface area contributed by atoms with Crippen LogP contribution in [0.15, 0.2) is 41.2 Å². The summed E-state index contributed by atoms with van der Waals surface area (Å²) in [5, 5.41) is 11.5. The second-order valence-corrected chi connectivity index (χ2v) is 10.2. The molecular formula is C21H23ClN8O5S. The van der Waals surface area contributed by atoms with E-state index in [0.717, 1.165) is 0 Å². The Bertz CT molecular complexity index is 1440. The summed E-state index contributed by atoms with van der Waals surface area (Å²) in [6, 6.07) is 6.68. The molecule has 2 atom stereocenters. The van der Waals surface area contributed by atoms with Gasteiger partial charge in [0.05, 0.1) is 31.0 Å². The first-order valence-electron chi connectivity index (χ1n) is 10.6. The summed E-state index contributed by atoms with van der Waals surface area (Å²) in [7, 11) is -1.02. The van der Waals surface area contributed by atoms with Gasteiger partial charge < -0.3 is 14.0 Å². The molecule has 15 heteroatoms. The number of sulfonamides is 1. The van der Waals surface area contributed by atoms with Gasteiger partial charge >= 0.3 is 0 Å². The molecule has 0 unspecified atom stereocenters. The van der Waals surface area contributed by atoms with Gasteiger partial charge in [0, 0.05) is 30.4 Å². The Morgan fingerprint density at radius 1 is 1.11 bits per heavy atom. The fourth-order valence-corrected chi connectivity index (χ4v) is 4.60. The zero-order valence-electron chi connectivity index (χ0n) is 19.8. The summed E-state index contributed by atoms with van der Waals surface area (Å²) in [5.74, 6) is 1.04. The van der Waals surface area contributed by atoms with E-state index in [0.29, 0.717) is 28.2 Å². The number of hydrogen-bond donors (Lipinski definition) is 1. The zero-order valence-corrected chi connectivity index (χ0v) is 21.4. The van der Waals surface area contributed by atoms with E-state index >= 15 is 0 Å². The number of rotatable bonds is 10. The van der Waals surface area contributed by atoms with Gasteiger partial charge in [-0.3, -0.25) is 9.29 Å². The molecule has 4 heterocycles. The molecule has 4 rings (SSSR count). The van der Waals surface area contributed by atoms with Gasteiger partial charge in [-0.2, -0.15) is 0 Å². The minimum Gasteiger partial charge on any atom is -0.481 e. The lowest BCUT2D eigenvalue weighted by atomic mass is 10.1. The Kier molecular flexibility index (Phi) is 7.35. The molecule has 4 aromatic rings. The fourth-order valence-electron chi connectivity index (χ4n) is 3.25. The molecule has 0 bridgehead atoms. The van der Waals surface area contributed by atoms with Gasteiger partial charge in [-0.25, -0.2) is 23.4 Å². The lowest BCUT2D eigenvalue weighted by molar-refractivity contribution is 0.324. The molecule has 0 aliphatic heterocycles. The quantitative estimate of drug-likeness (QED) is 0.318. The lowest BCUT2D eigenvalue weighted by Crippen LogP contribution is -2.31.